The van der Waals surface area contributed by atoms with E-state index in [1.165, 1.54) is 32.6 Å². The van der Waals surface area contributed by atoms with Gasteiger partial charge in [0, 0.05) is 45.4 Å². The molecule has 2 aliphatic rings. The summed E-state index contributed by atoms with van der Waals surface area (Å²) < 4.78 is 5.28. The number of piperazine rings is 1. The van der Waals surface area contributed by atoms with Gasteiger partial charge < -0.3 is 10.1 Å². The number of nitrogens with one attached hydrogen (secondary N) is 1. The summed E-state index contributed by atoms with van der Waals surface area (Å²) in [7, 11) is 4.00. The molecule has 2 aliphatic heterocycles. The van der Waals surface area contributed by atoms with Gasteiger partial charge in [0.2, 0.25) is 0 Å². The van der Waals surface area contributed by atoms with Crippen LogP contribution in [0.25, 0.3) is 0 Å². The van der Waals surface area contributed by atoms with Crippen molar-refractivity contribution >= 4 is 0 Å². The summed E-state index contributed by atoms with van der Waals surface area (Å²) in [4.78, 5) is 5.05. The highest BCUT2D eigenvalue weighted by molar-refractivity contribution is 4.87. The van der Waals surface area contributed by atoms with E-state index in [1.807, 2.05) is 0 Å². The third-order valence-electron chi connectivity index (χ3n) is 3.72. The lowest BCUT2D eigenvalue weighted by atomic mass is 10.1. The minimum absolute atomic E-state index is 0.573. The minimum atomic E-state index is 0.573. The van der Waals surface area contributed by atoms with Crippen LogP contribution in [0.15, 0.2) is 0 Å². The molecule has 2 fully saturated rings. The SMILES string of the molecule is COC[C@H]1CN([C@@H]2CCNC2)CCN1C. The molecule has 4 nitrogen and oxygen atoms in total. The molecular weight excluding hydrogens is 190 g/mol. The molecule has 0 spiro atoms. The third kappa shape index (κ3) is 2.69. The zero-order valence-electron chi connectivity index (χ0n) is 9.91. The fraction of sp³-hybridized carbons (Fsp3) is 1.00. The van der Waals surface area contributed by atoms with Crippen LogP contribution in [0.1, 0.15) is 6.42 Å². The Morgan fingerprint density at radius 3 is 2.93 bits per heavy atom. The summed E-state index contributed by atoms with van der Waals surface area (Å²) >= 11 is 0. The molecule has 0 radical (unpaired) electrons. The predicted molar refractivity (Wildman–Crippen MR) is 61.1 cm³/mol. The summed E-state index contributed by atoms with van der Waals surface area (Å²) in [5, 5.41) is 3.44. The zero-order chi connectivity index (χ0) is 10.7. The first-order valence-corrected chi connectivity index (χ1v) is 5.95. The zero-order valence-corrected chi connectivity index (χ0v) is 9.91. The van der Waals surface area contributed by atoms with E-state index in [9.17, 15) is 0 Å². The van der Waals surface area contributed by atoms with Crippen molar-refractivity contribution in [1.82, 2.24) is 15.1 Å². The van der Waals surface area contributed by atoms with Crippen LogP contribution in [0.2, 0.25) is 0 Å². The molecule has 2 saturated heterocycles. The molecule has 0 aliphatic carbocycles. The van der Waals surface area contributed by atoms with Gasteiger partial charge in [0.15, 0.2) is 0 Å². The lowest BCUT2D eigenvalue weighted by molar-refractivity contribution is 0.0258. The number of ether oxygens (including phenoxy) is 1. The molecule has 2 heterocycles. The van der Waals surface area contributed by atoms with Crippen molar-refractivity contribution in [3.8, 4) is 0 Å². The third-order valence-corrected chi connectivity index (χ3v) is 3.72. The molecule has 0 unspecified atom stereocenters. The predicted octanol–water partition coefficient (Wildman–Crippen LogP) is -0.389. The molecular formula is C11H23N3O. The number of rotatable bonds is 3. The van der Waals surface area contributed by atoms with Gasteiger partial charge in [0.1, 0.15) is 0 Å². The number of hydrogen-bond acceptors (Lipinski definition) is 4. The van der Waals surface area contributed by atoms with Gasteiger partial charge in [0.25, 0.3) is 0 Å². The smallest absolute Gasteiger partial charge is 0.0630 e. The van der Waals surface area contributed by atoms with Crippen molar-refractivity contribution in [2.24, 2.45) is 0 Å². The van der Waals surface area contributed by atoms with Crippen LogP contribution in [-0.4, -0.2) is 75.4 Å². The van der Waals surface area contributed by atoms with Crippen molar-refractivity contribution < 1.29 is 4.74 Å². The van der Waals surface area contributed by atoms with E-state index in [-0.39, 0.29) is 0 Å². The van der Waals surface area contributed by atoms with Crippen LogP contribution in [0.4, 0.5) is 0 Å². The molecule has 0 bridgehead atoms. The average Bonchev–Trinajstić information content (AvgIpc) is 2.75. The van der Waals surface area contributed by atoms with Gasteiger partial charge in [-0.15, -0.1) is 0 Å². The Labute approximate surface area is 92.6 Å². The normalized spacial score (nSPS) is 34.8. The van der Waals surface area contributed by atoms with E-state index < -0.39 is 0 Å². The highest BCUT2D eigenvalue weighted by atomic mass is 16.5. The standard InChI is InChI=1S/C11H23N3O/c1-13-5-6-14(8-11(13)9-15-2)10-3-4-12-7-10/h10-12H,3-9H2,1-2H3/t10-,11-/m1/s1. The van der Waals surface area contributed by atoms with Crippen molar-refractivity contribution in [2.75, 3.05) is 53.5 Å². The largest absolute Gasteiger partial charge is 0.383 e. The van der Waals surface area contributed by atoms with E-state index in [0.29, 0.717) is 6.04 Å². The monoisotopic (exact) mass is 213 g/mol. The highest BCUT2D eigenvalue weighted by Gasteiger charge is 2.29. The summed E-state index contributed by atoms with van der Waals surface area (Å²) in [6, 6.07) is 1.34. The Bertz CT molecular complexity index is 194. The Morgan fingerprint density at radius 2 is 2.27 bits per heavy atom. The summed E-state index contributed by atoms with van der Waals surface area (Å²) in [6.07, 6.45) is 1.31. The Morgan fingerprint density at radius 1 is 1.40 bits per heavy atom. The molecule has 15 heavy (non-hydrogen) atoms. The Hall–Kier alpha value is -0.160. The van der Waals surface area contributed by atoms with Crippen molar-refractivity contribution in [3.05, 3.63) is 0 Å². The maximum atomic E-state index is 5.28. The molecule has 0 aromatic heterocycles. The van der Waals surface area contributed by atoms with Crippen LogP contribution in [0.5, 0.6) is 0 Å². The van der Waals surface area contributed by atoms with E-state index in [4.69, 9.17) is 4.74 Å². The second-order valence-electron chi connectivity index (χ2n) is 4.73. The molecule has 0 saturated carbocycles. The summed E-state index contributed by atoms with van der Waals surface area (Å²) in [5.41, 5.74) is 0. The second kappa shape index (κ2) is 5.25. The van der Waals surface area contributed by atoms with Crippen LogP contribution in [-0.2, 0) is 4.74 Å². The summed E-state index contributed by atoms with van der Waals surface area (Å²) in [6.45, 7) is 6.76. The van der Waals surface area contributed by atoms with E-state index >= 15 is 0 Å². The molecule has 88 valence electrons. The highest BCUT2D eigenvalue weighted by Crippen LogP contribution is 2.15. The first kappa shape index (κ1) is 11.3. The number of likely N-dealkylation sites (N-methyl/N-ethyl adjacent to an activating group) is 1. The van der Waals surface area contributed by atoms with E-state index in [2.05, 4.69) is 22.2 Å². The molecule has 2 atom stereocenters. The topological polar surface area (TPSA) is 27.7 Å². The quantitative estimate of drug-likeness (QED) is 0.691. The maximum absolute atomic E-state index is 5.28. The Kier molecular flexibility index (Phi) is 3.97. The van der Waals surface area contributed by atoms with Gasteiger partial charge in [-0.25, -0.2) is 0 Å². The second-order valence-corrected chi connectivity index (χ2v) is 4.73. The van der Waals surface area contributed by atoms with Crippen LogP contribution >= 0.6 is 0 Å². The number of hydrogen-bond donors (Lipinski definition) is 1. The molecule has 0 aromatic rings. The fourth-order valence-electron chi connectivity index (χ4n) is 2.63. The number of nitrogens with zero attached hydrogens (tertiary/aromatic N) is 2. The van der Waals surface area contributed by atoms with Crippen LogP contribution in [0, 0.1) is 0 Å². The van der Waals surface area contributed by atoms with Gasteiger partial charge in [-0.1, -0.05) is 0 Å². The van der Waals surface area contributed by atoms with Gasteiger partial charge in [-0.05, 0) is 20.0 Å². The van der Waals surface area contributed by atoms with Crippen molar-refractivity contribution in [2.45, 2.75) is 18.5 Å². The molecule has 1 N–H and O–H groups in total. The van der Waals surface area contributed by atoms with Gasteiger partial charge in [-0.3, -0.25) is 9.80 Å². The average molecular weight is 213 g/mol. The molecule has 2 rings (SSSR count). The van der Waals surface area contributed by atoms with E-state index in [1.54, 1.807) is 7.11 Å². The lowest BCUT2D eigenvalue weighted by Gasteiger charge is -2.41. The van der Waals surface area contributed by atoms with Crippen LogP contribution < -0.4 is 5.32 Å². The molecule has 4 heteroatoms. The van der Waals surface area contributed by atoms with Crippen molar-refractivity contribution in [3.63, 3.8) is 0 Å². The lowest BCUT2D eigenvalue weighted by Crippen LogP contribution is -2.56. The molecule has 0 amide bonds. The first-order chi connectivity index (χ1) is 7.31. The van der Waals surface area contributed by atoms with E-state index in [0.717, 1.165) is 19.2 Å². The van der Waals surface area contributed by atoms with Crippen LogP contribution in [0.3, 0.4) is 0 Å². The first-order valence-electron chi connectivity index (χ1n) is 5.95. The minimum Gasteiger partial charge on any atom is -0.383 e. The van der Waals surface area contributed by atoms with Gasteiger partial charge in [0.05, 0.1) is 6.61 Å². The Balaban J connectivity index is 1.86. The van der Waals surface area contributed by atoms with Gasteiger partial charge in [-0.2, -0.15) is 0 Å². The van der Waals surface area contributed by atoms with Crippen molar-refractivity contribution in [1.29, 1.82) is 0 Å². The maximum Gasteiger partial charge on any atom is 0.0630 e. The molecule has 0 aromatic carbocycles. The summed E-state index contributed by atoms with van der Waals surface area (Å²) in [5.74, 6) is 0. The number of methoxy groups -OCH3 is 1. The fourth-order valence-corrected chi connectivity index (χ4v) is 2.63. The van der Waals surface area contributed by atoms with Gasteiger partial charge >= 0.3 is 0 Å².